The van der Waals surface area contributed by atoms with E-state index in [0.29, 0.717) is 12.0 Å². The third kappa shape index (κ3) is 3.00. The molecule has 0 saturated carbocycles. The summed E-state index contributed by atoms with van der Waals surface area (Å²) in [6.45, 7) is 3.67. The first-order valence-corrected chi connectivity index (χ1v) is 5.20. The lowest BCUT2D eigenvalue weighted by Crippen LogP contribution is -2.39. The summed E-state index contributed by atoms with van der Waals surface area (Å²) in [6.07, 6.45) is -0.292. The van der Waals surface area contributed by atoms with Gasteiger partial charge in [0.15, 0.2) is 0 Å². The maximum Gasteiger partial charge on any atom is 0.126 e. The third-order valence-electron chi connectivity index (χ3n) is 3.01. The van der Waals surface area contributed by atoms with Crippen LogP contribution >= 0.6 is 0 Å². The van der Waals surface area contributed by atoms with Gasteiger partial charge in [0, 0.05) is 18.0 Å². The Labute approximate surface area is 94.1 Å². The van der Waals surface area contributed by atoms with Crippen molar-refractivity contribution in [3.63, 3.8) is 0 Å². The lowest BCUT2D eigenvalue weighted by molar-refractivity contribution is 0.0588. The average molecular weight is 229 g/mol. The van der Waals surface area contributed by atoms with Crippen molar-refractivity contribution in [3.8, 4) is 0 Å². The quantitative estimate of drug-likeness (QED) is 0.827. The van der Waals surface area contributed by atoms with E-state index in [1.807, 2.05) is 0 Å². The Hall–Kier alpha value is -1.00. The first-order chi connectivity index (χ1) is 7.37. The van der Waals surface area contributed by atoms with E-state index in [4.69, 9.17) is 5.73 Å². The molecule has 3 N–H and O–H groups in total. The molecule has 90 valence electrons. The fourth-order valence-corrected chi connectivity index (χ4v) is 1.57. The van der Waals surface area contributed by atoms with Crippen molar-refractivity contribution in [2.45, 2.75) is 26.4 Å². The predicted octanol–water partition coefficient (Wildman–Crippen LogP) is 1.85. The van der Waals surface area contributed by atoms with Gasteiger partial charge in [-0.3, -0.25) is 0 Å². The maximum absolute atomic E-state index is 13.0. The van der Waals surface area contributed by atoms with Crippen LogP contribution in [0.4, 0.5) is 8.78 Å². The van der Waals surface area contributed by atoms with Gasteiger partial charge in [0.2, 0.25) is 0 Å². The highest BCUT2D eigenvalue weighted by molar-refractivity contribution is 5.19. The number of aliphatic hydroxyl groups is 1. The molecule has 0 fully saturated rings. The second-order valence-corrected chi connectivity index (χ2v) is 4.49. The molecule has 16 heavy (non-hydrogen) atoms. The summed E-state index contributed by atoms with van der Waals surface area (Å²) in [7, 11) is 0. The highest BCUT2D eigenvalue weighted by Gasteiger charge is 2.29. The number of hydrogen-bond acceptors (Lipinski definition) is 2. The van der Waals surface area contributed by atoms with Gasteiger partial charge < -0.3 is 10.8 Å². The van der Waals surface area contributed by atoms with Crippen molar-refractivity contribution in [2.24, 2.45) is 11.1 Å². The zero-order valence-electron chi connectivity index (χ0n) is 9.50. The van der Waals surface area contributed by atoms with Gasteiger partial charge in [-0.15, -0.1) is 0 Å². The van der Waals surface area contributed by atoms with Gasteiger partial charge in [-0.25, -0.2) is 8.78 Å². The molecule has 0 aliphatic carbocycles. The molecule has 0 spiro atoms. The second-order valence-electron chi connectivity index (χ2n) is 4.49. The molecule has 2 unspecified atom stereocenters. The highest BCUT2D eigenvalue weighted by atomic mass is 19.1. The van der Waals surface area contributed by atoms with Crippen LogP contribution in [0.2, 0.25) is 0 Å². The summed E-state index contributed by atoms with van der Waals surface area (Å²) >= 11 is 0. The molecule has 1 aromatic carbocycles. The lowest BCUT2D eigenvalue weighted by Gasteiger charge is -2.31. The van der Waals surface area contributed by atoms with Crippen molar-refractivity contribution in [1.82, 2.24) is 0 Å². The van der Waals surface area contributed by atoms with E-state index in [-0.39, 0.29) is 6.54 Å². The molecule has 4 heteroatoms. The predicted molar refractivity (Wildman–Crippen MR) is 58.9 cm³/mol. The van der Waals surface area contributed by atoms with Crippen molar-refractivity contribution < 1.29 is 13.9 Å². The van der Waals surface area contributed by atoms with Crippen LogP contribution in [0.5, 0.6) is 0 Å². The summed E-state index contributed by atoms with van der Waals surface area (Å²) in [6, 6.07) is 3.35. The Morgan fingerprint density at radius 3 is 2.19 bits per heavy atom. The first-order valence-electron chi connectivity index (χ1n) is 5.20. The van der Waals surface area contributed by atoms with Gasteiger partial charge in [0.05, 0.1) is 6.10 Å². The molecule has 0 amide bonds. The van der Waals surface area contributed by atoms with Gasteiger partial charge in [0.1, 0.15) is 11.6 Å². The van der Waals surface area contributed by atoms with Crippen molar-refractivity contribution in [2.75, 3.05) is 6.54 Å². The van der Waals surface area contributed by atoms with E-state index >= 15 is 0 Å². The monoisotopic (exact) mass is 229 g/mol. The molecule has 2 atom stereocenters. The number of benzene rings is 1. The molecule has 0 saturated heterocycles. The standard InChI is InChI=1S/C12H17F2NO/c1-8(16)12(2,7-15)6-9-3-10(13)5-11(14)4-9/h3-5,8,16H,6-7,15H2,1-2H3. The zero-order valence-corrected chi connectivity index (χ0v) is 9.50. The fraction of sp³-hybridized carbons (Fsp3) is 0.500. The molecule has 0 aliphatic rings. The Morgan fingerprint density at radius 2 is 1.81 bits per heavy atom. The van der Waals surface area contributed by atoms with E-state index in [2.05, 4.69) is 0 Å². The Balaban J connectivity index is 2.94. The Bertz CT molecular complexity index is 348. The first kappa shape index (κ1) is 13.1. The number of nitrogens with two attached hydrogens (primary N) is 1. The summed E-state index contributed by atoms with van der Waals surface area (Å²) < 4.78 is 25.9. The second kappa shape index (κ2) is 4.89. The minimum absolute atomic E-state index is 0.253. The Morgan fingerprint density at radius 1 is 1.31 bits per heavy atom. The largest absolute Gasteiger partial charge is 0.393 e. The lowest BCUT2D eigenvalue weighted by atomic mass is 9.79. The van der Waals surface area contributed by atoms with Crippen LogP contribution in [0.3, 0.4) is 0 Å². The van der Waals surface area contributed by atoms with Crippen LogP contribution in [0.15, 0.2) is 18.2 Å². The highest BCUT2D eigenvalue weighted by Crippen LogP contribution is 2.26. The molecule has 1 aromatic rings. The summed E-state index contributed by atoms with van der Waals surface area (Å²) in [5, 5.41) is 9.60. The molecule has 1 rings (SSSR count). The molecule has 0 radical (unpaired) electrons. The van der Waals surface area contributed by atoms with Crippen LogP contribution in [-0.2, 0) is 6.42 Å². The van der Waals surface area contributed by atoms with Crippen LogP contribution < -0.4 is 5.73 Å². The van der Waals surface area contributed by atoms with E-state index in [0.717, 1.165) is 6.07 Å². The van der Waals surface area contributed by atoms with Crippen molar-refractivity contribution in [3.05, 3.63) is 35.4 Å². The molecule has 0 heterocycles. The number of rotatable bonds is 4. The molecular weight excluding hydrogens is 212 g/mol. The topological polar surface area (TPSA) is 46.2 Å². The summed E-state index contributed by atoms with van der Waals surface area (Å²) in [5.74, 6) is -1.22. The minimum Gasteiger partial charge on any atom is -0.393 e. The number of aliphatic hydroxyl groups excluding tert-OH is 1. The molecular formula is C12H17F2NO. The van der Waals surface area contributed by atoms with Gasteiger partial charge in [-0.2, -0.15) is 0 Å². The Kier molecular flexibility index (Phi) is 3.99. The number of halogens is 2. The van der Waals surface area contributed by atoms with Crippen molar-refractivity contribution in [1.29, 1.82) is 0 Å². The third-order valence-corrected chi connectivity index (χ3v) is 3.01. The summed E-state index contributed by atoms with van der Waals surface area (Å²) in [4.78, 5) is 0. The van der Waals surface area contributed by atoms with Crippen LogP contribution in [0.25, 0.3) is 0 Å². The van der Waals surface area contributed by atoms with Gasteiger partial charge in [0.25, 0.3) is 0 Å². The molecule has 2 nitrogen and oxygen atoms in total. The van der Waals surface area contributed by atoms with Crippen LogP contribution in [-0.4, -0.2) is 17.8 Å². The van der Waals surface area contributed by atoms with Crippen molar-refractivity contribution >= 4 is 0 Å². The molecule has 0 aliphatic heterocycles. The zero-order chi connectivity index (χ0) is 12.3. The molecule has 0 aromatic heterocycles. The number of hydrogen-bond donors (Lipinski definition) is 2. The molecule has 0 bridgehead atoms. The van der Waals surface area contributed by atoms with E-state index in [1.54, 1.807) is 13.8 Å². The van der Waals surface area contributed by atoms with Gasteiger partial charge in [-0.1, -0.05) is 6.92 Å². The van der Waals surface area contributed by atoms with Crippen LogP contribution in [0.1, 0.15) is 19.4 Å². The maximum atomic E-state index is 13.0. The fourth-order valence-electron chi connectivity index (χ4n) is 1.57. The average Bonchev–Trinajstić information content (AvgIpc) is 2.15. The SMILES string of the molecule is CC(O)C(C)(CN)Cc1cc(F)cc(F)c1. The van der Waals surface area contributed by atoms with E-state index < -0.39 is 23.2 Å². The van der Waals surface area contributed by atoms with E-state index in [9.17, 15) is 13.9 Å². The normalized spacial score (nSPS) is 16.9. The van der Waals surface area contributed by atoms with Crippen LogP contribution in [0, 0.1) is 17.0 Å². The van der Waals surface area contributed by atoms with Gasteiger partial charge in [-0.05, 0) is 31.0 Å². The minimum atomic E-state index is -0.635. The van der Waals surface area contributed by atoms with Gasteiger partial charge >= 0.3 is 0 Å². The smallest absolute Gasteiger partial charge is 0.126 e. The summed E-state index contributed by atoms with van der Waals surface area (Å²) in [5.41, 5.74) is 5.52. The van der Waals surface area contributed by atoms with E-state index in [1.165, 1.54) is 12.1 Å².